The van der Waals surface area contributed by atoms with Crippen molar-refractivity contribution >= 4 is 21.4 Å². The lowest BCUT2D eigenvalue weighted by atomic mass is 9.89. The minimum absolute atomic E-state index is 0.502. The van der Waals surface area contributed by atoms with Crippen molar-refractivity contribution in [2.75, 3.05) is 6.54 Å². The maximum absolute atomic E-state index is 3.54. The van der Waals surface area contributed by atoms with Crippen molar-refractivity contribution in [1.29, 1.82) is 0 Å². The van der Waals surface area contributed by atoms with E-state index in [1.54, 1.807) is 0 Å². The van der Waals surface area contributed by atoms with Crippen molar-refractivity contribution in [3.05, 3.63) is 70.6 Å². The summed E-state index contributed by atoms with van der Waals surface area (Å²) in [6.07, 6.45) is 0. The molecule has 2 heterocycles. The average Bonchev–Trinajstić information content (AvgIpc) is 2.90. The molecule has 0 fully saturated rings. The second-order valence-corrected chi connectivity index (χ2v) is 6.18. The van der Waals surface area contributed by atoms with Gasteiger partial charge in [-0.25, -0.2) is 0 Å². The summed E-state index contributed by atoms with van der Waals surface area (Å²) in [4.78, 5) is 1.47. The monoisotopic (exact) mass is 265 g/mol. The van der Waals surface area contributed by atoms with E-state index in [2.05, 4.69) is 59.9 Å². The Hall–Kier alpha value is -1.64. The van der Waals surface area contributed by atoms with Crippen LogP contribution < -0.4 is 5.32 Å². The fourth-order valence-corrected chi connectivity index (χ4v) is 4.11. The van der Waals surface area contributed by atoms with Gasteiger partial charge in [0.15, 0.2) is 0 Å². The second kappa shape index (κ2) is 4.48. The van der Waals surface area contributed by atoms with Gasteiger partial charge in [0, 0.05) is 28.6 Å². The van der Waals surface area contributed by atoms with Crippen LogP contribution in [-0.4, -0.2) is 6.54 Å². The van der Waals surface area contributed by atoms with Gasteiger partial charge < -0.3 is 5.32 Å². The first-order valence-electron chi connectivity index (χ1n) is 6.69. The Morgan fingerprint density at radius 2 is 1.84 bits per heavy atom. The Morgan fingerprint density at radius 3 is 2.79 bits per heavy atom. The molecule has 2 aromatic carbocycles. The van der Waals surface area contributed by atoms with Crippen LogP contribution in [0.3, 0.4) is 0 Å². The van der Waals surface area contributed by atoms with Crippen molar-refractivity contribution < 1.29 is 0 Å². The Morgan fingerprint density at radius 1 is 1.00 bits per heavy atom. The van der Waals surface area contributed by atoms with Gasteiger partial charge in [0.25, 0.3) is 0 Å². The molecule has 0 amide bonds. The summed E-state index contributed by atoms with van der Waals surface area (Å²) < 4.78 is 1.39. The van der Waals surface area contributed by atoms with Crippen LogP contribution in [0.4, 0.5) is 0 Å². The summed E-state index contributed by atoms with van der Waals surface area (Å²) in [5.74, 6) is 0.502. The van der Waals surface area contributed by atoms with Crippen LogP contribution in [0.2, 0.25) is 0 Å². The van der Waals surface area contributed by atoms with Crippen molar-refractivity contribution in [2.45, 2.75) is 12.5 Å². The lowest BCUT2D eigenvalue weighted by molar-refractivity contribution is 0.596. The highest BCUT2D eigenvalue weighted by Crippen LogP contribution is 2.36. The van der Waals surface area contributed by atoms with Crippen LogP contribution in [0.5, 0.6) is 0 Å². The van der Waals surface area contributed by atoms with Crippen molar-refractivity contribution in [1.82, 2.24) is 5.32 Å². The summed E-state index contributed by atoms with van der Waals surface area (Å²) in [6, 6.07) is 19.8. The van der Waals surface area contributed by atoms with Gasteiger partial charge in [-0.1, -0.05) is 42.5 Å². The average molecular weight is 265 g/mol. The summed E-state index contributed by atoms with van der Waals surface area (Å²) in [5, 5.41) is 4.91. The maximum atomic E-state index is 3.54. The van der Waals surface area contributed by atoms with Gasteiger partial charge in [0.05, 0.1) is 0 Å². The Balaban J connectivity index is 1.85. The molecule has 0 aliphatic carbocycles. The predicted molar refractivity (Wildman–Crippen MR) is 81.8 cm³/mol. The molecular weight excluding hydrogens is 250 g/mol. The van der Waals surface area contributed by atoms with Crippen LogP contribution in [0.15, 0.2) is 54.6 Å². The standard InChI is InChI=1S/C17H15NS/c1-3-7-14-13(6-1)10-18-11-15(14)17-9-12-5-2-4-8-16(12)19-17/h1-9,15,18H,10-11H2/t15-/m0/s1. The zero-order valence-corrected chi connectivity index (χ0v) is 11.4. The number of rotatable bonds is 1. The summed E-state index contributed by atoms with van der Waals surface area (Å²) in [5.41, 5.74) is 2.93. The van der Waals surface area contributed by atoms with E-state index in [1.807, 2.05) is 11.3 Å². The van der Waals surface area contributed by atoms with E-state index in [4.69, 9.17) is 0 Å². The predicted octanol–water partition coefficient (Wildman–Crippen LogP) is 4.14. The Labute approximate surface area is 116 Å². The highest BCUT2D eigenvalue weighted by Gasteiger charge is 2.22. The van der Waals surface area contributed by atoms with Crippen molar-refractivity contribution in [2.24, 2.45) is 0 Å². The molecule has 1 N–H and O–H groups in total. The minimum atomic E-state index is 0.502. The molecule has 1 atom stereocenters. The van der Waals surface area contributed by atoms with Crippen LogP contribution in [0.25, 0.3) is 10.1 Å². The zero-order valence-electron chi connectivity index (χ0n) is 10.6. The largest absolute Gasteiger partial charge is 0.312 e. The zero-order chi connectivity index (χ0) is 12.7. The molecule has 0 spiro atoms. The van der Waals surface area contributed by atoms with Crippen molar-refractivity contribution in [3.8, 4) is 0 Å². The van der Waals surface area contributed by atoms with E-state index in [0.29, 0.717) is 5.92 Å². The highest BCUT2D eigenvalue weighted by atomic mass is 32.1. The molecule has 0 bridgehead atoms. The van der Waals surface area contributed by atoms with Crippen LogP contribution in [0, 0.1) is 0 Å². The van der Waals surface area contributed by atoms with E-state index >= 15 is 0 Å². The van der Waals surface area contributed by atoms with Gasteiger partial charge >= 0.3 is 0 Å². The molecule has 94 valence electrons. The number of thiophene rings is 1. The van der Waals surface area contributed by atoms with E-state index in [-0.39, 0.29) is 0 Å². The van der Waals surface area contributed by atoms with Gasteiger partial charge in [-0.05, 0) is 28.6 Å². The first-order valence-corrected chi connectivity index (χ1v) is 7.50. The van der Waals surface area contributed by atoms with Gasteiger partial charge in [0.2, 0.25) is 0 Å². The normalized spacial score (nSPS) is 18.4. The molecule has 4 rings (SSSR count). The minimum Gasteiger partial charge on any atom is -0.312 e. The molecule has 2 heteroatoms. The van der Waals surface area contributed by atoms with E-state index in [0.717, 1.165) is 13.1 Å². The number of nitrogens with one attached hydrogen (secondary N) is 1. The third kappa shape index (κ3) is 1.88. The molecule has 0 saturated heterocycles. The molecule has 0 radical (unpaired) electrons. The van der Waals surface area contributed by atoms with Gasteiger partial charge in [-0.2, -0.15) is 0 Å². The van der Waals surface area contributed by atoms with Crippen molar-refractivity contribution in [3.63, 3.8) is 0 Å². The molecule has 1 aliphatic rings. The Bertz CT molecular complexity index is 696. The summed E-state index contributed by atoms with van der Waals surface area (Å²) >= 11 is 1.93. The Kier molecular flexibility index (Phi) is 2.64. The lowest BCUT2D eigenvalue weighted by Gasteiger charge is -2.25. The third-order valence-corrected chi connectivity index (χ3v) is 5.11. The number of hydrogen-bond acceptors (Lipinski definition) is 2. The molecule has 1 aliphatic heterocycles. The molecule has 3 aromatic rings. The van der Waals surface area contributed by atoms with E-state index in [1.165, 1.54) is 26.1 Å². The molecule has 1 nitrogen and oxygen atoms in total. The topological polar surface area (TPSA) is 12.0 Å². The molecule has 0 unspecified atom stereocenters. The summed E-state index contributed by atoms with van der Waals surface area (Å²) in [6.45, 7) is 2.04. The van der Waals surface area contributed by atoms with Gasteiger partial charge in [0.1, 0.15) is 0 Å². The van der Waals surface area contributed by atoms with Gasteiger partial charge in [-0.3, -0.25) is 0 Å². The smallest absolute Gasteiger partial charge is 0.0345 e. The molecule has 0 saturated carbocycles. The molecule has 19 heavy (non-hydrogen) atoms. The highest BCUT2D eigenvalue weighted by molar-refractivity contribution is 7.19. The first kappa shape index (κ1) is 11.2. The maximum Gasteiger partial charge on any atom is 0.0345 e. The SMILES string of the molecule is c1ccc2c(c1)CNC[C@@H]2c1cc2ccccc2s1. The van der Waals surface area contributed by atoms with E-state index < -0.39 is 0 Å². The molecular formula is C17H15NS. The lowest BCUT2D eigenvalue weighted by Crippen LogP contribution is -2.28. The first-order chi connectivity index (χ1) is 9.42. The van der Waals surface area contributed by atoms with E-state index in [9.17, 15) is 0 Å². The summed E-state index contributed by atoms with van der Waals surface area (Å²) in [7, 11) is 0. The quantitative estimate of drug-likeness (QED) is 0.697. The molecule has 1 aromatic heterocycles. The second-order valence-electron chi connectivity index (χ2n) is 5.07. The van der Waals surface area contributed by atoms with Crippen LogP contribution >= 0.6 is 11.3 Å². The third-order valence-electron chi connectivity index (χ3n) is 3.88. The fraction of sp³-hybridized carbons (Fsp3) is 0.176. The van der Waals surface area contributed by atoms with Gasteiger partial charge in [-0.15, -0.1) is 11.3 Å². The fourth-order valence-electron chi connectivity index (χ4n) is 2.92. The number of hydrogen-bond donors (Lipinski definition) is 1. The van der Waals surface area contributed by atoms with Crippen LogP contribution in [0.1, 0.15) is 21.9 Å². The number of fused-ring (bicyclic) bond motifs is 2. The number of benzene rings is 2. The van der Waals surface area contributed by atoms with Crippen LogP contribution in [-0.2, 0) is 6.54 Å².